The van der Waals surface area contributed by atoms with E-state index in [1.54, 1.807) is 0 Å². The van der Waals surface area contributed by atoms with Crippen LogP contribution in [0.4, 0.5) is 5.69 Å². The van der Waals surface area contributed by atoms with E-state index in [1.807, 2.05) is 0 Å². The fourth-order valence-corrected chi connectivity index (χ4v) is 3.19. The smallest absolute Gasteiger partial charge is 0.339 e. The molecule has 0 aliphatic heterocycles. The minimum Gasteiger partial charge on any atom is -0.458 e. The summed E-state index contributed by atoms with van der Waals surface area (Å²) in [7, 11) is 0. The molecular weight excluding hydrogens is 338 g/mol. The van der Waals surface area contributed by atoms with Crippen LogP contribution in [0.2, 0.25) is 0 Å². The zero-order valence-electron chi connectivity index (χ0n) is 11.9. The second-order valence-electron chi connectivity index (χ2n) is 5.32. The Bertz CT molecular complexity index is 546. The first kappa shape index (κ1) is 15.9. The van der Waals surface area contributed by atoms with Crippen molar-refractivity contribution in [3.63, 3.8) is 0 Å². The Morgan fingerprint density at radius 3 is 2.81 bits per heavy atom. The molecule has 2 unspecified atom stereocenters. The van der Waals surface area contributed by atoms with Crippen LogP contribution in [0, 0.1) is 16.0 Å². The number of nitrogens with zero attached hydrogens (tertiary/aromatic N) is 1. The summed E-state index contributed by atoms with van der Waals surface area (Å²) in [6.45, 7) is 2.10. The topological polar surface area (TPSA) is 69.4 Å². The van der Waals surface area contributed by atoms with E-state index < -0.39 is 10.9 Å². The summed E-state index contributed by atoms with van der Waals surface area (Å²) in [4.78, 5) is 22.6. The van der Waals surface area contributed by atoms with Crippen LogP contribution >= 0.6 is 15.9 Å². The molecule has 1 aromatic rings. The summed E-state index contributed by atoms with van der Waals surface area (Å²) in [5.41, 5.74) is 0.102. The van der Waals surface area contributed by atoms with E-state index in [0.717, 1.165) is 25.7 Å². The zero-order valence-corrected chi connectivity index (χ0v) is 13.5. The van der Waals surface area contributed by atoms with E-state index in [9.17, 15) is 14.9 Å². The lowest BCUT2D eigenvalue weighted by Crippen LogP contribution is -2.29. The van der Waals surface area contributed by atoms with Crippen molar-refractivity contribution in [2.45, 2.75) is 45.1 Å². The van der Waals surface area contributed by atoms with Gasteiger partial charge in [-0.05, 0) is 53.6 Å². The number of ether oxygens (including phenoxy) is 1. The second kappa shape index (κ2) is 7.02. The Balaban J connectivity index is 2.16. The Kier molecular flexibility index (Phi) is 5.33. The SMILES string of the molecule is CCC1CCCCC1OC(=O)c1cc([N+](=O)[O-])ccc1Br. The maximum Gasteiger partial charge on any atom is 0.339 e. The number of hydrogen-bond donors (Lipinski definition) is 0. The van der Waals surface area contributed by atoms with Crippen LogP contribution in [0.25, 0.3) is 0 Å². The molecule has 2 rings (SSSR count). The van der Waals surface area contributed by atoms with E-state index in [4.69, 9.17) is 4.74 Å². The minimum absolute atomic E-state index is 0.0811. The molecule has 0 heterocycles. The standard InChI is InChI=1S/C15H18BrNO4/c1-2-10-5-3-4-6-14(10)21-15(18)12-9-11(17(19)20)7-8-13(12)16/h7-10,14H,2-6H2,1H3. The van der Waals surface area contributed by atoms with E-state index in [2.05, 4.69) is 22.9 Å². The van der Waals surface area contributed by atoms with Crippen molar-refractivity contribution < 1.29 is 14.5 Å². The Hall–Kier alpha value is -1.43. The largest absolute Gasteiger partial charge is 0.458 e. The molecule has 5 nitrogen and oxygen atoms in total. The van der Waals surface area contributed by atoms with Gasteiger partial charge < -0.3 is 4.74 Å². The zero-order chi connectivity index (χ0) is 15.4. The highest BCUT2D eigenvalue weighted by atomic mass is 79.9. The lowest BCUT2D eigenvalue weighted by molar-refractivity contribution is -0.384. The van der Waals surface area contributed by atoms with Gasteiger partial charge in [-0.1, -0.05) is 13.3 Å². The average molecular weight is 356 g/mol. The van der Waals surface area contributed by atoms with Crippen molar-refractivity contribution in [1.29, 1.82) is 0 Å². The predicted octanol–water partition coefficient (Wildman–Crippen LogP) is 4.48. The van der Waals surface area contributed by atoms with Gasteiger partial charge in [0.25, 0.3) is 5.69 Å². The Morgan fingerprint density at radius 2 is 2.14 bits per heavy atom. The van der Waals surface area contributed by atoms with Gasteiger partial charge in [0, 0.05) is 16.6 Å². The highest BCUT2D eigenvalue weighted by molar-refractivity contribution is 9.10. The molecule has 21 heavy (non-hydrogen) atoms. The molecule has 0 bridgehead atoms. The van der Waals surface area contributed by atoms with E-state index in [1.165, 1.54) is 24.6 Å². The summed E-state index contributed by atoms with van der Waals surface area (Å²) in [6.07, 6.45) is 5.08. The summed E-state index contributed by atoms with van der Waals surface area (Å²) < 4.78 is 6.12. The summed E-state index contributed by atoms with van der Waals surface area (Å²) >= 11 is 3.25. The second-order valence-corrected chi connectivity index (χ2v) is 6.17. The van der Waals surface area contributed by atoms with E-state index in [-0.39, 0.29) is 17.4 Å². The summed E-state index contributed by atoms with van der Waals surface area (Å²) in [5, 5.41) is 10.8. The fraction of sp³-hybridized carbons (Fsp3) is 0.533. The van der Waals surface area contributed by atoms with Gasteiger partial charge in [-0.3, -0.25) is 10.1 Å². The van der Waals surface area contributed by atoms with Gasteiger partial charge in [0.15, 0.2) is 0 Å². The number of esters is 1. The Morgan fingerprint density at radius 1 is 1.43 bits per heavy atom. The molecule has 0 amide bonds. The maximum atomic E-state index is 12.3. The number of carbonyl (C=O) groups is 1. The predicted molar refractivity (Wildman–Crippen MR) is 82.2 cm³/mol. The van der Waals surface area contributed by atoms with Crippen LogP contribution < -0.4 is 0 Å². The van der Waals surface area contributed by atoms with Crippen molar-refractivity contribution in [2.24, 2.45) is 5.92 Å². The van der Waals surface area contributed by atoms with Crippen LogP contribution in [0.5, 0.6) is 0 Å². The minimum atomic E-state index is -0.515. The normalized spacial score (nSPS) is 21.8. The average Bonchev–Trinajstić information content (AvgIpc) is 2.47. The van der Waals surface area contributed by atoms with Gasteiger partial charge in [-0.2, -0.15) is 0 Å². The maximum absolute atomic E-state index is 12.3. The van der Waals surface area contributed by atoms with Gasteiger partial charge in [-0.15, -0.1) is 0 Å². The van der Waals surface area contributed by atoms with Gasteiger partial charge in [0.05, 0.1) is 10.5 Å². The van der Waals surface area contributed by atoms with Gasteiger partial charge in [0.1, 0.15) is 6.10 Å². The van der Waals surface area contributed by atoms with Crippen molar-refractivity contribution in [3.05, 3.63) is 38.3 Å². The molecule has 2 atom stereocenters. The molecule has 6 heteroatoms. The molecule has 1 aliphatic rings. The lowest BCUT2D eigenvalue weighted by Gasteiger charge is -2.30. The van der Waals surface area contributed by atoms with Crippen LogP contribution in [-0.4, -0.2) is 17.0 Å². The molecule has 0 radical (unpaired) electrons. The summed E-state index contributed by atoms with van der Waals surface area (Å²) in [6, 6.07) is 4.12. The van der Waals surface area contributed by atoms with Crippen LogP contribution in [0.1, 0.15) is 49.4 Å². The number of benzene rings is 1. The Labute approximate surface area is 132 Å². The molecular formula is C15H18BrNO4. The van der Waals surface area contributed by atoms with Crippen molar-refractivity contribution >= 4 is 27.6 Å². The molecule has 1 aromatic carbocycles. The van der Waals surface area contributed by atoms with E-state index in [0.29, 0.717) is 10.4 Å². The molecule has 1 aliphatic carbocycles. The third-order valence-corrected chi connectivity index (χ3v) is 4.69. The molecule has 114 valence electrons. The number of nitro groups is 1. The molecule has 1 saturated carbocycles. The number of non-ortho nitro benzene ring substituents is 1. The molecule has 1 fully saturated rings. The third kappa shape index (κ3) is 3.81. The quantitative estimate of drug-likeness (QED) is 0.453. The molecule has 0 saturated heterocycles. The van der Waals surface area contributed by atoms with Gasteiger partial charge >= 0.3 is 5.97 Å². The van der Waals surface area contributed by atoms with Crippen LogP contribution in [0.3, 0.4) is 0 Å². The van der Waals surface area contributed by atoms with Gasteiger partial charge in [-0.25, -0.2) is 4.79 Å². The van der Waals surface area contributed by atoms with Crippen LogP contribution in [0.15, 0.2) is 22.7 Å². The number of halogens is 1. The first-order valence-electron chi connectivity index (χ1n) is 7.17. The molecule has 0 N–H and O–H groups in total. The van der Waals surface area contributed by atoms with E-state index >= 15 is 0 Å². The highest BCUT2D eigenvalue weighted by Gasteiger charge is 2.28. The number of hydrogen-bond acceptors (Lipinski definition) is 4. The first-order chi connectivity index (χ1) is 10.0. The number of rotatable bonds is 4. The monoisotopic (exact) mass is 355 g/mol. The third-order valence-electron chi connectivity index (χ3n) is 4.00. The number of nitro benzene ring substituents is 1. The van der Waals surface area contributed by atoms with Crippen LogP contribution in [-0.2, 0) is 4.74 Å². The fourth-order valence-electron chi connectivity index (χ4n) is 2.78. The number of carbonyl (C=O) groups excluding carboxylic acids is 1. The van der Waals surface area contributed by atoms with Crippen molar-refractivity contribution in [3.8, 4) is 0 Å². The highest BCUT2D eigenvalue weighted by Crippen LogP contribution is 2.31. The van der Waals surface area contributed by atoms with Crippen molar-refractivity contribution in [2.75, 3.05) is 0 Å². The molecule has 0 aromatic heterocycles. The first-order valence-corrected chi connectivity index (χ1v) is 7.97. The molecule has 0 spiro atoms. The van der Waals surface area contributed by atoms with Crippen molar-refractivity contribution in [1.82, 2.24) is 0 Å². The van der Waals surface area contributed by atoms with Gasteiger partial charge in [0.2, 0.25) is 0 Å². The lowest BCUT2D eigenvalue weighted by atomic mass is 9.85. The summed E-state index contributed by atoms with van der Waals surface area (Å²) in [5.74, 6) is -0.101.